The van der Waals surface area contributed by atoms with Gasteiger partial charge in [0.2, 0.25) is 0 Å². The van der Waals surface area contributed by atoms with Gasteiger partial charge in [-0.25, -0.2) is 0 Å². The van der Waals surface area contributed by atoms with E-state index in [1.165, 1.54) is 17.7 Å². The van der Waals surface area contributed by atoms with Crippen LogP contribution in [0.25, 0.3) is 11.1 Å². The Labute approximate surface area is 205 Å². The molecule has 1 aliphatic rings. The molecule has 1 saturated heterocycles. The molecule has 1 amide bonds. The van der Waals surface area contributed by atoms with Gasteiger partial charge in [0.15, 0.2) is 5.60 Å². The van der Waals surface area contributed by atoms with E-state index in [1.807, 2.05) is 5.32 Å². The van der Waals surface area contributed by atoms with Gasteiger partial charge in [0, 0.05) is 30.6 Å². The van der Waals surface area contributed by atoms with Crippen LogP contribution in [0.3, 0.4) is 0 Å². The van der Waals surface area contributed by atoms with E-state index in [0.717, 1.165) is 6.42 Å². The summed E-state index contributed by atoms with van der Waals surface area (Å²) in [6, 6.07) is 0.798. The van der Waals surface area contributed by atoms with Gasteiger partial charge in [0.1, 0.15) is 0 Å². The van der Waals surface area contributed by atoms with Gasteiger partial charge >= 0.3 is 18.5 Å². The predicted molar refractivity (Wildman–Crippen MR) is 113 cm³/mol. The highest BCUT2D eigenvalue weighted by Crippen LogP contribution is 2.40. The minimum Gasteiger partial charge on any atom is -0.379 e. The first-order chi connectivity index (χ1) is 16.8. The maximum Gasteiger partial charge on any atom is 0.418 e. The van der Waals surface area contributed by atoms with Crippen LogP contribution in [0.5, 0.6) is 0 Å². The second kappa shape index (κ2) is 9.86. The average Bonchev–Trinajstić information content (AvgIpc) is 3.38. The first kappa shape index (κ1) is 28.8. The molecule has 37 heavy (non-hydrogen) atoms. The number of hydrogen-bond donors (Lipinski definition) is 2. The molecular weight excluding hydrogens is 523 g/mol. The van der Waals surface area contributed by atoms with Crippen LogP contribution in [-0.2, 0) is 23.6 Å². The highest BCUT2D eigenvalue weighted by atomic mass is 19.4. The molecule has 1 aromatic heterocycles. The number of ether oxygens (including phenoxy) is 1. The van der Waals surface area contributed by atoms with Crippen LogP contribution >= 0.6 is 0 Å². The monoisotopic (exact) mass is 546 g/mol. The fourth-order valence-electron chi connectivity index (χ4n) is 3.91. The quantitative estimate of drug-likeness (QED) is 0.456. The molecule has 1 unspecified atom stereocenters. The molecule has 0 spiro atoms. The average molecular weight is 546 g/mol. The number of hydrogen-bond acceptors (Lipinski definition) is 3. The molecule has 1 aromatic carbocycles. The second-order valence-electron chi connectivity index (χ2n) is 9.04. The maximum absolute atomic E-state index is 13.4. The number of nitrogens with one attached hydrogen (secondary N) is 1. The Morgan fingerprint density at radius 3 is 2.08 bits per heavy atom. The van der Waals surface area contributed by atoms with E-state index < -0.39 is 58.8 Å². The SMILES string of the molecule is Cc1c(C(=O)NCC(C)(O)C(F)(F)F)c(-c2cc(C(F)(F)F)cc(C(F)(F)F)c2)cn1C[C@H]1CCCO1. The Bertz CT molecular complexity index is 1110. The van der Waals surface area contributed by atoms with Crippen molar-refractivity contribution in [2.24, 2.45) is 0 Å². The van der Waals surface area contributed by atoms with Crippen LogP contribution in [0, 0.1) is 6.92 Å². The van der Waals surface area contributed by atoms with Gasteiger partial charge in [0.05, 0.1) is 29.3 Å². The number of alkyl halides is 9. The molecule has 2 atom stereocenters. The van der Waals surface area contributed by atoms with E-state index in [0.29, 0.717) is 32.1 Å². The van der Waals surface area contributed by atoms with Crippen molar-refractivity contribution in [3.63, 3.8) is 0 Å². The first-order valence-electron chi connectivity index (χ1n) is 11.0. The summed E-state index contributed by atoms with van der Waals surface area (Å²) in [5.41, 5.74) is -7.87. The highest BCUT2D eigenvalue weighted by Gasteiger charge is 2.50. The van der Waals surface area contributed by atoms with Crippen LogP contribution in [0.15, 0.2) is 24.4 Å². The Morgan fingerprint density at radius 2 is 1.62 bits per heavy atom. The molecule has 0 bridgehead atoms. The number of nitrogens with zero attached hydrogens (tertiary/aromatic N) is 1. The number of aliphatic hydroxyl groups is 1. The fourth-order valence-corrected chi connectivity index (χ4v) is 3.91. The second-order valence-corrected chi connectivity index (χ2v) is 9.04. The van der Waals surface area contributed by atoms with Crippen molar-refractivity contribution in [3.8, 4) is 11.1 Å². The Hall–Kier alpha value is -2.74. The van der Waals surface area contributed by atoms with Crippen molar-refractivity contribution in [1.82, 2.24) is 9.88 Å². The molecule has 2 heterocycles. The van der Waals surface area contributed by atoms with Gasteiger partial charge < -0.3 is 19.7 Å². The Balaban J connectivity index is 2.13. The lowest BCUT2D eigenvalue weighted by atomic mass is 9.97. The summed E-state index contributed by atoms with van der Waals surface area (Å²) in [6.07, 6.45) is -13.3. The molecule has 2 aromatic rings. The summed E-state index contributed by atoms with van der Waals surface area (Å²) in [5, 5.41) is 11.5. The number of carbonyl (C=O) groups is 1. The standard InChI is InChI=1S/C23H23F9N2O3/c1-12-18(19(35)33-11-20(2,36)23(30,31)32)17(10-34(12)9-16-4-3-5-37-16)13-6-14(21(24,25)26)8-15(7-13)22(27,28)29/h6-8,10,16,36H,3-5,9,11H2,1-2H3,(H,33,35)/t16-,20?/m1/s1. The Kier molecular flexibility index (Phi) is 7.68. The summed E-state index contributed by atoms with van der Waals surface area (Å²) in [5.74, 6) is -1.21. The summed E-state index contributed by atoms with van der Waals surface area (Å²) in [4.78, 5) is 13.0. The molecule has 1 aliphatic heterocycles. The molecule has 5 nitrogen and oxygen atoms in total. The van der Waals surface area contributed by atoms with Gasteiger partial charge in [-0.3, -0.25) is 4.79 Å². The molecule has 1 fully saturated rings. The number of amides is 1. The molecule has 2 N–H and O–H groups in total. The molecule has 206 valence electrons. The third-order valence-electron chi connectivity index (χ3n) is 6.10. The lowest BCUT2D eigenvalue weighted by molar-refractivity contribution is -0.249. The van der Waals surface area contributed by atoms with Gasteiger partial charge in [-0.05, 0) is 50.5 Å². The number of rotatable bonds is 6. The van der Waals surface area contributed by atoms with Crippen LogP contribution in [-0.4, -0.2) is 46.6 Å². The number of halogens is 9. The van der Waals surface area contributed by atoms with E-state index in [4.69, 9.17) is 4.74 Å². The first-order valence-corrected chi connectivity index (χ1v) is 11.0. The highest BCUT2D eigenvalue weighted by molar-refractivity contribution is 6.02. The van der Waals surface area contributed by atoms with E-state index in [1.54, 1.807) is 0 Å². The summed E-state index contributed by atoms with van der Waals surface area (Å²) < 4.78 is 127. The summed E-state index contributed by atoms with van der Waals surface area (Å²) >= 11 is 0. The van der Waals surface area contributed by atoms with Gasteiger partial charge in [-0.2, -0.15) is 39.5 Å². The smallest absolute Gasteiger partial charge is 0.379 e. The lowest BCUT2D eigenvalue weighted by Gasteiger charge is -2.26. The third-order valence-corrected chi connectivity index (χ3v) is 6.10. The van der Waals surface area contributed by atoms with Crippen LogP contribution in [0.2, 0.25) is 0 Å². The van der Waals surface area contributed by atoms with Crippen molar-refractivity contribution in [2.75, 3.05) is 13.2 Å². The summed E-state index contributed by atoms with van der Waals surface area (Å²) in [7, 11) is 0. The third kappa shape index (κ3) is 6.40. The van der Waals surface area contributed by atoms with E-state index in [2.05, 4.69) is 0 Å². The largest absolute Gasteiger partial charge is 0.418 e. The van der Waals surface area contributed by atoms with E-state index in [9.17, 15) is 49.4 Å². The minimum atomic E-state index is -5.15. The van der Waals surface area contributed by atoms with Crippen molar-refractivity contribution in [2.45, 2.75) is 63.5 Å². The lowest BCUT2D eigenvalue weighted by Crippen LogP contribution is -2.51. The van der Waals surface area contributed by atoms with Gasteiger partial charge in [-0.1, -0.05) is 0 Å². The van der Waals surface area contributed by atoms with Gasteiger partial charge in [-0.15, -0.1) is 0 Å². The van der Waals surface area contributed by atoms with Crippen molar-refractivity contribution < 1.29 is 54.2 Å². The van der Waals surface area contributed by atoms with Crippen molar-refractivity contribution >= 4 is 5.91 Å². The molecular formula is C23H23F9N2O3. The van der Waals surface area contributed by atoms with Crippen molar-refractivity contribution in [3.05, 3.63) is 46.8 Å². The zero-order chi connectivity index (χ0) is 28.0. The summed E-state index contributed by atoms with van der Waals surface area (Å²) in [6.45, 7) is 1.01. The fraction of sp³-hybridized carbons (Fsp3) is 0.522. The molecule has 0 radical (unpaired) electrons. The number of benzene rings is 1. The van der Waals surface area contributed by atoms with Crippen LogP contribution in [0.4, 0.5) is 39.5 Å². The minimum absolute atomic E-state index is 0.0695. The molecule has 14 heteroatoms. The van der Waals surface area contributed by atoms with E-state index >= 15 is 0 Å². The zero-order valence-corrected chi connectivity index (χ0v) is 19.5. The molecule has 3 rings (SSSR count). The van der Waals surface area contributed by atoms with Crippen molar-refractivity contribution in [1.29, 1.82) is 0 Å². The topological polar surface area (TPSA) is 63.5 Å². The predicted octanol–water partition coefficient (Wildman–Crippen LogP) is 5.72. The zero-order valence-electron chi connectivity index (χ0n) is 19.5. The molecule has 0 saturated carbocycles. The molecule has 0 aliphatic carbocycles. The van der Waals surface area contributed by atoms with Crippen LogP contribution in [0.1, 0.15) is 46.9 Å². The van der Waals surface area contributed by atoms with E-state index in [-0.39, 0.29) is 30.0 Å². The normalized spacial score (nSPS) is 18.6. The number of carbonyl (C=O) groups excluding carboxylic acids is 1. The van der Waals surface area contributed by atoms with Crippen LogP contribution < -0.4 is 5.32 Å². The number of aromatic nitrogens is 1. The Morgan fingerprint density at radius 1 is 1.05 bits per heavy atom. The van der Waals surface area contributed by atoms with Gasteiger partial charge in [0.25, 0.3) is 5.91 Å². The maximum atomic E-state index is 13.4.